The molecule has 0 spiro atoms. The van der Waals surface area contributed by atoms with Gasteiger partial charge in [0, 0.05) is 0 Å². The smallest absolute Gasteiger partial charge is 0.118 e. The third kappa shape index (κ3) is 7.38. The van der Waals surface area contributed by atoms with Gasteiger partial charge in [-0.2, -0.15) is 0 Å². The minimum absolute atomic E-state index is 0.884. The Bertz CT molecular complexity index is 192. The zero-order valence-electron chi connectivity index (χ0n) is 9.08. The van der Waals surface area contributed by atoms with Crippen molar-refractivity contribution in [3.63, 3.8) is 0 Å². The molecule has 0 saturated heterocycles. The fraction of sp³-hybridized carbons (Fsp3) is 0.500. The molecule has 0 aliphatic carbocycles. The molecule has 0 bridgehead atoms. The third-order valence-corrected chi connectivity index (χ3v) is 1.80. The average Bonchev–Trinajstić information content (AvgIpc) is 2.20. The molecule has 1 rings (SSSR count). The summed E-state index contributed by atoms with van der Waals surface area (Å²) in [5, 5.41) is 0. The maximum Gasteiger partial charge on any atom is 0.118 e. The number of para-hydroxylation sites is 1. The van der Waals surface area contributed by atoms with Crippen LogP contribution in [0, 0.1) is 5.92 Å². The van der Waals surface area contributed by atoms with Crippen LogP contribution in [-0.4, -0.2) is 7.11 Å². The molecular formula is C12H20O. The van der Waals surface area contributed by atoms with Crippen molar-refractivity contribution in [3.8, 4) is 5.75 Å². The number of benzene rings is 1. The first-order chi connectivity index (χ1) is 6.20. The molecule has 0 amide bonds. The number of ether oxygens (including phenoxy) is 1. The minimum Gasteiger partial charge on any atom is -0.497 e. The molecule has 0 saturated carbocycles. The highest BCUT2D eigenvalue weighted by atomic mass is 16.5. The first-order valence-corrected chi connectivity index (χ1v) is 4.79. The quantitative estimate of drug-likeness (QED) is 0.673. The van der Waals surface area contributed by atoms with Gasteiger partial charge in [0.25, 0.3) is 0 Å². The van der Waals surface area contributed by atoms with Crippen molar-refractivity contribution in [2.75, 3.05) is 7.11 Å². The molecule has 0 radical (unpaired) electrons. The van der Waals surface area contributed by atoms with Gasteiger partial charge in [-0.15, -0.1) is 0 Å². The van der Waals surface area contributed by atoms with Crippen LogP contribution in [0.15, 0.2) is 30.3 Å². The van der Waals surface area contributed by atoms with E-state index >= 15 is 0 Å². The Morgan fingerprint density at radius 3 is 1.85 bits per heavy atom. The van der Waals surface area contributed by atoms with E-state index < -0.39 is 0 Å². The van der Waals surface area contributed by atoms with E-state index in [0.717, 1.165) is 11.7 Å². The Balaban J connectivity index is 0.000000252. The maximum absolute atomic E-state index is 4.91. The fourth-order valence-electron chi connectivity index (χ4n) is 0.557. The molecule has 1 aromatic carbocycles. The van der Waals surface area contributed by atoms with E-state index in [-0.39, 0.29) is 0 Å². The minimum atomic E-state index is 0.884. The van der Waals surface area contributed by atoms with Crippen molar-refractivity contribution in [2.45, 2.75) is 27.2 Å². The van der Waals surface area contributed by atoms with Gasteiger partial charge in [-0.05, 0) is 18.1 Å². The van der Waals surface area contributed by atoms with Gasteiger partial charge in [0.2, 0.25) is 0 Å². The van der Waals surface area contributed by atoms with Crippen molar-refractivity contribution < 1.29 is 4.74 Å². The van der Waals surface area contributed by atoms with Gasteiger partial charge in [0.1, 0.15) is 5.75 Å². The second kappa shape index (κ2) is 7.66. The Labute approximate surface area is 81.7 Å². The molecule has 0 heterocycles. The van der Waals surface area contributed by atoms with E-state index in [0.29, 0.717) is 0 Å². The monoisotopic (exact) mass is 180 g/mol. The summed E-state index contributed by atoms with van der Waals surface area (Å²) >= 11 is 0. The summed E-state index contributed by atoms with van der Waals surface area (Å²) in [7, 11) is 1.66. The summed E-state index contributed by atoms with van der Waals surface area (Å²) in [4.78, 5) is 0. The zero-order chi connectivity index (χ0) is 10.1. The van der Waals surface area contributed by atoms with Crippen molar-refractivity contribution in [2.24, 2.45) is 5.92 Å². The highest BCUT2D eigenvalue weighted by Crippen LogP contribution is 2.05. The Kier molecular flexibility index (Phi) is 7.08. The molecule has 0 aromatic heterocycles. The number of hydrogen-bond acceptors (Lipinski definition) is 1. The summed E-state index contributed by atoms with van der Waals surface area (Å²) in [6.45, 7) is 6.64. The van der Waals surface area contributed by atoms with Crippen LogP contribution in [-0.2, 0) is 0 Å². The van der Waals surface area contributed by atoms with Crippen molar-refractivity contribution in [3.05, 3.63) is 30.3 Å². The average molecular weight is 180 g/mol. The van der Waals surface area contributed by atoms with Gasteiger partial charge >= 0.3 is 0 Å². The summed E-state index contributed by atoms with van der Waals surface area (Å²) in [6.07, 6.45) is 1.31. The fourth-order valence-corrected chi connectivity index (χ4v) is 0.557. The second-order valence-corrected chi connectivity index (χ2v) is 3.32. The van der Waals surface area contributed by atoms with Crippen LogP contribution in [0.1, 0.15) is 27.2 Å². The molecule has 0 atom stereocenters. The molecule has 1 heteroatoms. The molecule has 1 aromatic rings. The largest absolute Gasteiger partial charge is 0.497 e. The van der Waals surface area contributed by atoms with Crippen molar-refractivity contribution in [1.82, 2.24) is 0 Å². The Morgan fingerprint density at radius 1 is 1.15 bits per heavy atom. The number of methoxy groups -OCH3 is 1. The topological polar surface area (TPSA) is 9.23 Å². The third-order valence-electron chi connectivity index (χ3n) is 1.80. The van der Waals surface area contributed by atoms with Gasteiger partial charge in [0.05, 0.1) is 7.11 Å². The lowest BCUT2D eigenvalue weighted by Gasteiger charge is -1.93. The molecule has 13 heavy (non-hydrogen) atoms. The van der Waals surface area contributed by atoms with Crippen LogP contribution < -0.4 is 4.74 Å². The summed E-state index contributed by atoms with van der Waals surface area (Å²) in [5.74, 6) is 1.79. The van der Waals surface area contributed by atoms with Crippen molar-refractivity contribution in [1.29, 1.82) is 0 Å². The van der Waals surface area contributed by atoms with Gasteiger partial charge in [-0.1, -0.05) is 45.4 Å². The van der Waals surface area contributed by atoms with E-state index in [1.165, 1.54) is 6.42 Å². The van der Waals surface area contributed by atoms with Crippen LogP contribution in [0.25, 0.3) is 0 Å². The Morgan fingerprint density at radius 2 is 1.62 bits per heavy atom. The lowest BCUT2D eigenvalue weighted by atomic mass is 10.2. The van der Waals surface area contributed by atoms with E-state index in [9.17, 15) is 0 Å². The molecule has 0 N–H and O–H groups in total. The van der Waals surface area contributed by atoms with Crippen LogP contribution in [0.3, 0.4) is 0 Å². The SMILES string of the molecule is CCC(C)C.COc1ccccc1. The van der Waals surface area contributed by atoms with Gasteiger partial charge < -0.3 is 4.74 Å². The predicted molar refractivity (Wildman–Crippen MR) is 58.1 cm³/mol. The highest BCUT2D eigenvalue weighted by molar-refractivity contribution is 5.20. The van der Waals surface area contributed by atoms with Crippen LogP contribution in [0.5, 0.6) is 5.75 Å². The van der Waals surface area contributed by atoms with Crippen LogP contribution in [0.4, 0.5) is 0 Å². The molecule has 1 nitrogen and oxygen atoms in total. The normalized spacial score (nSPS) is 9.00. The molecular weight excluding hydrogens is 160 g/mol. The molecule has 0 aliphatic heterocycles. The van der Waals surface area contributed by atoms with Crippen molar-refractivity contribution >= 4 is 0 Å². The van der Waals surface area contributed by atoms with Crippen LogP contribution in [0.2, 0.25) is 0 Å². The van der Waals surface area contributed by atoms with Gasteiger partial charge in [0.15, 0.2) is 0 Å². The zero-order valence-corrected chi connectivity index (χ0v) is 9.08. The predicted octanol–water partition coefficient (Wildman–Crippen LogP) is 3.75. The lowest BCUT2D eigenvalue weighted by Crippen LogP contribution is -1.78. The Hall–Kier alpha value is -0.980. The first-order valence-electron chi connectivity index (χ1n) is 4.79. The van der Waals surface area contributed by atoms with E-state index in [1.54, 1.807) is 7.11 Å². The summed E-state index contributed by atoms with van der Waals surface area (Å²) in [5.41, 5.74) is 0. The number of hydrogen-bond donors (Lipinski definition) is 0. The van der Waals surface area contributed by atoms with E-state index in [4.69, 9.17) is 4.74 Å². The van der Waals surface area contributed by atoms with E-state index in [2.05, 4.69) is 20.8 Å². The maximum atomic E-state index is 4.91. The van der Waals surface area contributed by atoms with Gasteiger partial charge in [-0.25, -0.2) is 0 Å². The molecule has 0 unspecified atom stereocenters. The first kappa shape index (κ1) is 12.0. The van der Waals surface area contributed by atoms with Crippen LogP contribution >= 0.6 is 0 Å². The highest BCUT2D eigenvalue weighted by Gasteiger charge is 1.80. The summed E-state index contributed by atoms with van der Waals surface area (Å²) in [6, 6.07) is 9.68. The second-order valence-electron chi connectivity index (χ2n) is 3.32. The van der Waals surface area contributed by atoms with Gasteiger partial charge in [-0.3, -0.25) is 0 Å². The molecule has 0 aliphatic rings. The standard InChI is InChI=1S/C7H8O.C5H12/c1-8-7-5-3-2-4-6-7;1-4-5(2)3/h2-6H,1H3;5H,4H2,1-3H3. The lowest BCUT2D eigenvalue weighted by molar-refractivity contribution is 0.415. The summed E-state index contributed by atoms with van der Waals surface area (Å²) < 4.78 is 4.91. The van der Waals surface area contributed by atoms with E-state index in [1.807, 2.05) is 30.3 Å². The number of rotatable bonds is 2. The molecule has 74 valence electrons. The molecule has 0 fully saturated rings.